The number of ether oxygens (including phenoxy) is 1. The highest BCUT2D eigenvalue weighted by Crippen LogP contribution is 2.24. The maximum atomic E-state index is 11.9. The van der Waals surface area contributed by atoms with Crippen LogP contribution in [0.15, 0.2) is 24.3 Å². The van der Waals surface area contributed by atoms with Gasteiger partial charge in [-0.3, -0.25) is 4.79 Å². The third-order valence-corrected chi connectivity index (χ3v) is 6.36. The van der Waals surface area contributed by atoms with Crippen molar-refractivity contribution < 1.29 is 17.9 Å². The Hall–Kier alpha value is -1.65. The molecule has 1 heterocycles. The van der Waals surface area contributed by atoms with Crippen LogP contribution in [0.5, 0.6) is 5.75 Å². The van der Waals surface area contributed by atoms with Crippen molar-refractivity contribution in [1.29, 1.82) is 0 Å². The quantitative estimate of drug-likeness (QED) is 0.796. The summed E-state index contributed by atoms with van der Waals surface area (Å²) in [6, 6.07) is 6.97. The number of sulfone groups is 1. The number of hydrogen-bond donors (Lipinski definition) is 1. The fourth-order valence-corrected chi connectivity index (χ4v) is 5.51. The minimum Gasteiger partial charge on any atom is -0.481 e. The first-order valence-electron chi connectivity index (χ1n) is 6.77. The summed E-state index contributed by atoms with van der Waals surface area (Å²) in [4.78, 5) is 11.9. The molecule has 0 aliphatic carbocycles. The first-order valence-corrected chi connectivity index (χ1v) is 9.64. The number of thioether (sulfide) groups is 1. The summed E-state index contributed by atoms with van der Waals surface area (Å²) in [7, 11) is -2.90. The van der Waals surface area contributed by atoms with E-state index in [1.54, 1.807) is 24.3 Å². The van der Waals surface area contributed by atoms with Crippen LogP contribution < -0.4 is 10.1 Å². The van der Waals surface area contributed by atoms with Crippen molar-refractivity contribution >= 4 is 33.2 Å². The summed E-state index contributed by atoms with van der Waals surface area (Å²) in [6.45, 7) is 0.170. The van der Waals surface area contributed by atoms with Gasteiger partial charge in [0, 0.05) is 17.0 Å². The number of carbonyl (C=O) groups is 1. The molecule has 0 spiro atoms. The zero-order valence-electron chi connectivity index (χ0n) is 11.9. The molecule has 7 heteroatoms. The normalized spacial score (nSPS) is 19.3. The Morgan fingerprint density at radius 3 is 3.00 bits per heavy atom. The SMILES string of the molecule is C#CCOc1cccc(NC(=O)CS[C@@H]2CCS(=O)(=O)C2)c1. The Morgan fingerprint density at radius 2 is 2.32 bits per heavy atom. The Bertz CT molecular complexity index is 679. The first kappa shape index (κ1) is 16.7. The fraction of sp³-hybridized carbons (Fsp3) is 0.400. The van der Waals surface area contributed by atoms with Gasteiger partial charge < -0.3 is 10.1 Å². The molecule has 1 N–H and O–H groups in total. The van der Waals surface area contributed by atoms with Crippen LogP contribution in [0.2, 0.25) is 0 Å². The second kappa shape index (κ2) is 7.56. The van der Waals surface area contributed by atoms with Gasteiger partial charge in [0.05, 0.1) is 17.3 Å². The van der Waals surface area contributed by atoms with E-state index >= 15 is 0 Å². The molecule has 0 aromatic heterocycles. The van der Waals surface area contributed by atoms with Gasteiger partial charge in [0.2, 0.25) is 5.91 Å². The van der Waals surface area contributed by atoms with E-state index in [4.69, 9.17) is 11.2 Å². The highest BCUT2D eigenvalue weighted by atomic mass is 32.2. The van der Waals surface area contributed by atoms with Crippen molar-refractivity contribution in [2.24, 2.45) is 0 Å². The molecule has 0 saturated carbocycles. The largest absolute Gasteiger partial charge is 0.481 e. The maximum absolute atomic E-state index is 11.9. The van der Waals surface area contributed by atoms with Gasteiger partial charge in [-0.05, 0) is 18.6 Å². The topological polar surface area (TPSA) is 72.5 Å². The lowest BCUT2D eigenvalue weighted by molar-refractivity contribution is -0.113. The zero-order chi connectivity index (χ0) is 16.0. The molecule has 22 heavy (non-hydrogen) atoms. The third-order valence-electron chi connectivity index (χ3n) is 3.08. The van der Waals surface area contributed by atoms with Crippen LogP contribution in [0.1, 0.15) is 6.42 Å². The number of hydrogen-bond acceptors (Lipinski definition) is 5. The smallest absolute Gasteiger partial charge is 0.234 e. The molecule has 1 aliphatic rings. The third kappa shape index (κ3) is 5.28. The number of rotatable bonds is 6. The minimum atomic E-state index is -2.90. The van der Waals surface area contributed by atoms with Crippen molar-refractivity contribution in [2.45, 2.75) is 11.7 Å². The number of amides is 1. The van der Waals surface area contributed by atoms with E-state index < -0.39 is 9.84 Å². The first-order chi connectivity index (χ1) is 10.5. The van der Waals surface area contributed by atoms with E-state index in [9.17, 15) is 13.2 Å². The number of anilines is 1. The summed E-state index contributed by atoms with van der Waals surface area (Å²) < 4.78 is 28.0. The Labute approximate surface area is 134 Å². The minimum absolute atomic E-state index is 0.0149. The van der Waals surface area contributed by atoms with Crippen LogP contribution in [0.4, 0.5) is 5.69 Å². The zero-order valence-corrected chi connectivity index (χ0v) is 13.6. The summed E-state index contributed by atoms with van der Waals surface area (Å²) in [5, 5.41) is 2.78. The highest BCUT2D eigenvalue weighted by Gasteiger charge is 2.28. The van der Waals surface area contributed by atoms with Crippen LogP contribution in [0.25, 0.3) is 0 Å². The fourth-order valence-electron chi connectivity index (χ4n) is 2.07. The molecule has 1 amide bonds. The van der Waals surface area contributed by atoms with Crippen LogP contribution in [0, 0.1) is 12.3 Å². The molecule has 1 aromatic rings. The number of carbonyl (C=O) groups excluding carboxylic acids is 1. The van der Waals surface area contributed by atoms with Gasteiger partial charge in [-0.1, -0.05) is 12.0 Å². The Balaban J connectivity index is 1.81. The van der Waals surface area contributed by atoms with Crippen molar-refractivity contribution in [3.05, 3.63) is 24.3 Å². The van der Waals surface area contributed by atoms with E-state index in [2.05, 4.69) is 11.2 Å². The second-order valence-corrected chi connectivity index (χ2v) is 8.42. The van der Waals surface area contributed by atoms with Crippen LogP contribution in [-0.4, -0.2) is 43.4 Å². The van der Waals surface area contributed by atoms with Crippen molar-refractivity contribution in [3.8, 4) is 18.1 Å². The van der Waals surface area contributed by atoms with E-state index in [-0.39, 0.29) is 35.0 Å². The van der Waals surface area contributed by atoms with Gasteiger partial charge >= 0.3 is 0 Å². The molecule has 2 rings (SSSR count). The van der Waals surface area contributed by atoms with Gasteiger partial charge in [0.1, 0.15) is 12.4 Å². The highest BCUT2D eigenvalue weighted by molar-refractivity contribution is 8.02. The van der Waals surface area contributed by atoms with E-state index in [0.717, 1.165) is 0 Å². The molecule has 0 radical (unpaired) electrons. The van der Waals surface area contributed by atoms with Gasteiger partial charge in [-0.15, -0.1) is 18.2 Å². The summed E-state index contributed by atoms with van der Waals surface area (Å²) in [5.41, 5.74) is 0.624. The van der Waals surface area contributed by atoms with Crippen molar-refractivity contribution in [2.75, 3.05) is 29.2 Å². The lowest BCUT2D eigenvalue weighted by atomic mass is 10.3. The van der Waals surface area contributed by atoms with Crippen LogP contribution in [-0.2, 0) is 14.6 Å². The van der Waals surface area contributed by atoms with Crippen LogP contribution >= 0.6 is 11.8 Å². The van der Waals surface area contributed by atoms with Gasteiger partial charge in [0.25, 0.3) is 0 Å². The molecule has 1 fully saturated rings. The molecule has 0 unspecified atom stereocenters. The predicted octanol–water partition coefficient (Wildman–Crippen LogP) is 1.56. The maximum Gasteiger partial charge on any atom is 0.234 e. The van der Waals surface area contributed by atoms with Gasteiger partial charge in [-0.2, -0.15) is 0 Å². The Morgan fingerprint density at radius 1 is 1.50 bits per heavy atom. The lowest BCUT2D eigenvalue weighted by Crippen LogP contribution is -2.17. The molecule has 1 aromatic carbocycles. The van der Waals surface area contributed by atoms with Crippen molar-refractivity contribution in [1.82, 2.24) is 0 Å². The molecule has 5 nitrogen and oxygen atoms in total. The summed E-state index contributed by atoms with van der Waals surface area (Å²) in [6.07, 6.45) is 5.74. The van der Waals surface area contributed by atoms with E-state index in [1.165, 1.54) is 11.8 Å². The van der Waals surface area contributed by atoms with E-state index in [1.807, 2.05) is 0 Å². The van der Waals surface area contributed by atoms with Gasteiger partial charge in [-0.25, -0.2) is 8.42 Å². The van der Waals surface area contributed by atoms with Crippen LogP contribution in [0.3, 0.4) is 0 Å². The average Bonchev–Trinajstić information content (AvgIpc) is 2.83. The number of terminal acetylenes is 1. The molecular formula is C15H17NO4S2. The molecular weight excluding hydrogens is 322 g/mol. The number of benzene rings is 1. The monoisotopic (exact) mass is 339 g/mol. The van der Waals surface area contributed by atoms with Crippen molar-refractivity contribution in [3.63, 3.8) is 0 Å². The molecule has 118 valence electrons. The second-order valence-electron chi connectivity index (χ2n) is 4.90. The Kier molecular flexibility index (Phi) is 5.75. The molecule has 0 bridgehead atoms. The lowest BCUT2D eigenvalue weighted by Gasteiger charge is -2.09. The van der Waals surface area contributed by atoms with E-state index in [0.29, 0.717) is 17.9 Å². The number of nitrogens with one attached hydrogen (secondary N) is 1. The molecule has 1 saturated heterocycles. The summed E-state index contributed by atoms with van der Waals surface area (Å²) in [5.74, 6) is 3.42. The molecule has 1 atom stereocenters. The predicted molar refractivity (Wildman–Crippen MR) is 88.9 cm³/mol. The standard InChI is InChI=1S/C15H17NO4S2/c1-2-7-20-13-5-3-4-12(9-13)16-15(17)10-21-14-6-8-22(18,19)11-14/h1,3-5,9,14H,6-8,10-11H2,(H,16,17)/t14-/m1/s1. The average molecular weight is 339 g/mol. The summed E-state index contributed by atoms with van der Waals surface area (Å²) >= 11 is 1.38. The molecule has 1 aliphatic heterocycles. The van der Waals surface area contributed by atoms with Gasteiger partial charge in [0.15, 0.2) is 9.84 Å².